The summed E-state index contributed by atoms with van der Waals surface area (Å²) in [6.45, 7) is 0.430. The van der Waals surface area contributed by atoms with Crippen LogP contribution in [-0.4, -0.2) is 30.1 Å². The van der Waals surface area contributed by atoms with Gasteiger partial charge in [-0.3, -0.25) is 14.9 Å². The molecular weight excluding hydrogens is 262 g/mol. The van der Waals surface area contributed by atoms with E-state index >= 15 is 0 Å². The van der Waals surface area contributed by atoms with Gasteiger partial charge in [-0.25, -0.2) is 0 Å². The van der Waals surface area contributed by atoms with Gasteiger partial charge in [-0.05, 0) is 31.4 Å². The highest BCUT2D eigenvalue weighted by molar-refractivity contribution is 5.95. The molecule has 1 amide bonds. The third-order valence-corrected chi connectivity index (χ3v) is 3.76. The van der Waals surface area contributed by atoms with Gasteiger partial charge < -0.3 is 15.8 Å². The van der Waals surface area contributed by atoms with Crippen molar-refractivity contribution in [2.24, 2.45) is 0 Å². The van der Waals surface area contributed by atoms with E-state index in [0.29, 0.717) is 12.1 Å². The molecular formula is C13H17N3O4. The van der Waals surface area contributed by atoms with Gasteiger partial charge in [-0.15, -0.1) is 0 Å². The maximum absolute atomic E-state index is 12.0. The fourth-order valence-corrected chi connectivity index (χ4v) is 2.23. The third-order valence-electron chi connectivity index (χ3n) is 3.76. The monoisotopic (exact) mass is 279 g/mol. The molecule has 0 spiro atoms. The van der Waals surface area contributed by atoms with Crippen molar-refractivity contribution in [1.82, 2.24) is 5.32 Å². The fraction of sp³-hybridized carbons (Fsp3) is 0.462. The fourth-order valence-electron chi connectivity index (χ4n) is 2.23. The first kappa shape index (κ1) is 14.3. The lowest BCUT2D eigenvalue weighted by Crippen LogP contribution is -2.49. The number of nitrogen functional groups attached to an aromatic ring is 1. The van der Waals surface area contributed by atoms with Crippen molar-refractivity contribution in [3.05, 3.63) is 33.9 Å². The van der Waals surface area contributed by atoms with E-state index in [1.165, 1.54) is 18.2 Å². The van der Waals surface area contributed by atoms with Crippen molar-refractivity contribution < 1.29 is 14.5 Å². The first-order chi connectivity index (χ1) is 9.47. The van der Waals surface area contributed by atoms with Crippen LogP contribution >= 0.6 is 0 Å². The van der Waals surface area contributed by atoms with Crippen molar-refractivity contribution in [3.8, 4) is 0 Å². The highest BCUT2D eigenvalue weighted by Gasteiger charge is 2.37. The van der Waals surface area contributed by atoms with Gasteiger partial charge in [-0.2, -0.15) is 0 Å². The topological polar surface area (TPSA) is 107 Å². The van der Waals surface area contributed by atoms with Crippen LogP contribution in [0.25, 0.3) is 0 Å². The van der Waals surface area contributed by atoms with Crippen LogP contribution in [0.5, 0.6) is 0 Å². The molecule has 0 atom stereocenters. The summed E-state index contributed by atoms with van der Waals surface area (Å²) in [7, 11) is 1.63. The molecule has 20 heavy (non-hydrogen) atoms. The molecule has 7 nitrogen and oxygen atoms in total. The highest BCUT2D eigenvalue weighted by Crippen LogP contribution is 2.34. The number of amides is 1. The van der Waals surface area contributed by atoms with E-state index in [1.54, 1.807) is 7.11 Å². The van der Waals surface area contributed by atoms with E-state index in [9.17, 15) is 14.9 Å². The van der Waals surface area contributed by atoms with Crippen molar-refractivity contribution >= 4 is 17.3 Å². The molecule has 0 unspecified atom stereocenters. The normalized spacial score (nSPS) is 16.2. The molecule has 3 N–H and O–H groups in total. The van der Waals surface area contributed by atoms with Crippen LogP contribution < -0.4 is 11.1 Å². The molecule has 1 aromatic carbocycles. The van der Waals surface area contributed by atoms with Gasteiger partial charge in [0.25, 0.3) is 11.6 Å². The molecule has 0 bridgehead atoms. The second-order valence-electron chi connectivity index (χ2n) is 4.95. The van der Waals surface area contributed by atoms with Crippen LogP contribution in [-0.2, 0) is 4.74 Å². The Morgan fingerprint density at radius 1 is 1.55 bits per heavy atom. The number of nitrogens with zero attached hydrogens (tertiary/aromatic N) is 1. The molecule has 0 heterocycles. The Kier molecular flexibility index (Phi) is 3.89. The number of hydrogen-bond donors (Lipinski definition) is 2. The van der Waals surface area contributed by atoms with E-state index in [-0.39, 0.29) is 22.9 Å². The van der Waals surface area contributed by atoms with Crippen molar-refractivity contribution in [3.63, 3.8) is 0 Å². The molecule has 1 fully saturated rings. The number of nitrogens with two attached hydrogens (primary N) is 1. The number of nitro benzene ring substituents is 1. The zero-order valence-electron chi connectivity index (χ0n) is 11.2. The summed E-state index contributed by atoms with van der Waals surface area (Å²) in [5.74, 6) is -0.310. The summed E-state index contributed by atoms with van der Waals surface area (Å²) >= 11 is 0. The molecule has 0 radical (unpaired) electrons. The maximum Gasteiger partial charge on any atom is 0.292 e. The lowest BCUT2D eigenvalue weighted by atomic mass is 9.80. The first-order valence-corrected chi connectivity index (χ1v) is 6.35. The Morgan fingerprint density at radius 2 is 2.25 bits per heavy atom. The molecule has 2 rings (SSSR count). The van der Waals surface area contributed by atoms with E-state index < -0.39 is 4.92 Å². The minimum Gasteiger partial charge on any atom is -0.393 e. The number of carbonyl (C=O) groups is 1. The number of nitrogens with one attached hydrogen (secondary N) is 1. The van der Waals surface area contributed by atoms with Crippen molar-refractivity contribution in [2.75, 3.05) is 19.4 Å². The number of nitro groups is 1. The van der Waals surface area contributed by atoms with Crippen LogP contribution in [0.15, 0.2) is 18.2 Å². The van der Waals surface area contributed by atoms with Gasteiger partial charge in [0.05, 0.1) is 10.5 Å². The molecule has 1 saturated carbocycles. The summed E-state index contributed by atoms with van der Waals surface area (Å²) in [6.07, 6.45) is 2.94. The van der Waals surface area contributed by atoms with Crippen LogP contribution in [0.3, 0.4) is 0 Å². The number of carbonyl (C=O) groups excluding carboxylic acids is 1. The largest absolute Gasteiger partial charge is 0.393 e. The molecule has 0 aromatic heterocycles. The Hall–Kier alpha value is -2.15. The Morgan fingerprint density at radius 3 is 2.70 bits per heavy atom. The average molecular weight is 279 g/mol. The van der Waals surface area contributed by atoms with Crippen LogP contribution in [0.4, 0.5) is 11.4 Å². The van der Waals surface area contributed by atoms with E-state index in [4.69, 9.17) is 10.5 Å². The molecule has 108 valence electrons. The summed E-state index contributed by atoms with van der Waals surface area (Å²) in [5, 5.41) is 13.4. The lowest BCUT2D eigenvalue weighted by Gasteiger charge is -2.40. The minimum absolute atomic E-state index is 0.0206. The summed E-state index contributed by atoms with van der Waals surface area (Å²) in [5.41, 5.74) is 5.38. The summed E-state index contributed by atoms with van der Waals surface area (Å²) in [6, 6.07) is 3.94. The third kappa shape index (κ3) is 2.72. The minimum atomic E-state index is -0.578. The quantitative estimate of drug-likeness (QED) is 0.482. The van der Waals surface area contributed by atoms with Gasteiger partial charge in [0.15, 0.2) is 0 Å². The molecule has 1 aliphatic rings. The predicted octanol–water partition coefficient (Wildman–Crippen LogP) is 1.48. The first-order valence-electron chi connectivity index (χ1n) is 6.35. The standard InChI is InChI=1S/C13H17N3O4/c1-20-13(5-2-6-13)8-15-12(17)9-3-4-11(16(18)19)10(14)7-9/h3-4,7H,2,5-6,8,14H2,1H3,(H,15,17). The number of anilines is 1. The second kappa shape index (κ2) is 5.46. The zero-order valence-corrected chi connectivity index (χ0v) is 11.2. The van der Waals surface area contributed by atoms with E-state index in [2.05, 4.69) is 5.32 Å². The van der Waals surface area contributed by atoms with E-state index in [0.717, 1.165) is 19.3 Å². The number of rotatable bonds is 5. The SMILES string of the molecule is COC1(CNC(=O)c2ccc([N+](=O)[O-])c(N)c2)CCC1. The summed E-state index contributed by atoms with van der Waals surface area (Å²) < 4.78 is 5.41. The smallest absolute Gasteiger partial charge is 0.292 e. The lowest BCUT2D eigenvalue weighted by molar-refractivity contribution is -0.383. The number of methoxy groups -OCH3 is 1. The number of hydrogen-bond acceptors (Lipinski definition) is 5. The predicted molar refractivity (Wildman–Crippen MR) is 73.4 cm³/mol. The number of ether oxygens (including phenoxy) is 1. The zero-order chi connectivity index (χ0) is 14.8. The van der Waals surface area contributed by atoms with E-state index in [1.807, 2.05) is 0 Å². The van der Waals surface area contributed by atoms with Crippen LogP contribution in [0, 0.1) is 10.1 Å². The summed E-state index contributed by atoms with van der Waals surface area (Å²) in [4.78, 5) is 22.1. The van der Waals surface area contributed by atoms with Gasteiger partial charge in [0.1, 0.15) is 5.69 Å². The average Bonchev–Trinajstić information content (AvgIpc) is 2.37. The molecule has 1 aliphatic carbocycles. The second-order valence-corrected chi connectivity index (χ2v) is 4.95. The molecule has 0 aliphatic heterocycles. The van der Waals surface area contributed by atoms with Gasteiger partial charge in [0, 0.05) is 25.3 Å². The Balaban J connectivity index is 2.02. The van der Waals surface area contributed by atoms with Crippen LogP contribution in [0.1, 0.15) is 29.6 Å². The van der Waals surface area contributed by atoms with Gasteiger partial charge in [-0.1, -0.05) is 0 Å². The molecule has 0 saturated heterocycles. The number of benzene rings is 1. The Labute approximate surface area is 116 Å². The maximum atomic E-state index is 12.0. The molecule has 1 aromatic rings. The van der Waals surface area contributed by atoms with Crippen LogP contribution in [0.2, 0.25) is 0 Å². The van der Waals surface area contributed by atoms with Gasteiger partial charge in [0.2, 0.25) is 0 Å². The highest BCUT2D eigenvalue weighted by atomic mass is 16.6. The van der Waals surface area contributed by atoms with Gasteiger partial charge >= 0.3 is 0 Å². The Bertz CT molecular complexity index is 535. The molecule has 7 heteroatoms. The van der Waals surface area contributed by atoms with Crippen molar-refractivity contribution in [2.45, 2.75) is 24.9 Å². The van der Waals surface area contributed by atoms with Crippen molar-refractivity contribution in [1.29, 1.82) is 0 Å².